The molecule has 2 amide bonds. The lowest BCUT2D eigenvalue weighted by Gasteiger charge is -2.12. The van der Waals surface area contributed by atoms with Gasteiger partial charge in [-0.2, -0.15) is 0 Å². The lowest BCUT2D eigenvalue weighted by molar-refractivity contribution is -0.140. The molecular formula is C13H18N2O5. The summed E-state index contributed by atoms with van der Waals surface area (Å²) in [5.41, 5.74) is 0. The first-order valence-electron chi connectivity index (χ1n) is 6.19. The molecule has 1 aromatic rings. The Kier molecular flexibility index (Phi) is 6.91. The standard InChI is InChI=1S/C13H18N2O5/c16-9-11(12(17)18)15-13(19)14-7-4-8-20-10-5-2-1-3-6-10/h1-3,5-6,11,16H,4,7-9H2,(H,17,18)(H2,14,15,19)/t11-/m0/s1. The number of hydrogen-bond donors (Lipinski definition) is 4. The van der Waals surface area contributed by atoms with Crippen molar-refractivity contribution in [3.8, 4) is 5.75 Å². The molecule has 0 fully saturated rings. The van der Waals surface area contributed by atoms with Crippen molar-refractivity contribution in [1.29, 1.82) is 0 Å². The molecule has 0 heterocycles. The van der Waals surface area contributed by atoms with Crippen LogP contribution in [0.1, 0.15) is 6.42 Å². The summed E-state index contributed by atoms with van der Waals surface area (Å²) in [7, 11) is 0. The van der Waals surface area contributed by atoms with Gasteiger partial charge in [0.1, 0.15) is 5.75 Å². The maximum absolute atomic E-state index is 11.3. The van der Waals surface area contributed by atoms with E-state index < -0.39 is 24.6 Å². The molecular weight excluding hydrogens is 264 g/mol. The number of aliphatic carboxylic acids is 1. The number of amides is 2. The average molecular weight is 282 g/mol. The number of benzene rings is 1. The Balaban J connectivity index is 2.12. The molecule has 1 aromatic carbocycles. The molecule has 0 aliphatic rings. The third-order valence-electron chi connectivity index (χ3n) is 2.40. The molecule has 0 unspecified atom stereocenters. The van der Waals surface area contributed by atoms with Gasteiger partial charge in [-0.25, -0.2) is 9.59 Å². The number of ether oxygens (including phenoxy) is 1. The maximum Gasteiger partial charge on any atom is 0.328 e. The molecule has 4 N–H and O–H groups in total. The Labute approximate surface area is 116 Å². The van der Waals surface area contributed by atoms with E-state index >= 15 is 0 Å². The highest BCUT2D eigenvalue weighted by molar-refractivity contribution is 5.82. The highest BCUT2D eigenvalue weighted by Crippen LogP contribution is 2.07. The summed E-state index contributed by atoms with van der Waals surface area (Å²) in [6, 6.07) is 7.35. The summed E-state index contributed by atoms with van der Waals surface area (Å²) in [5.74, 6) is -0.529. The van der Waals surface area contributed by atoms with E-state index in [1.54, 1.807) is 0 Å². The average Bonchev–Trinajstić information content (AvgIpc) is 2.45. The number of hydrogen-bond acceptors (Lipinski definition) is 4. The topological polar surface area (TPSA) is 108 Å². The molecule has 0 saturated heterocycles. The fourth-order valence-electron chi connectivity index (χ4n) is 1.38. The molecule has 0 bridgehead atoms. The zero-order valence-corrected chi connectivity index (χ0v) is 10.9. The molecule has 0 spiro atoms. The van der Waals surface area contributed by atoms with Crippen molar-refractivity contribution < 1.29 is 24.5 Å². The van der Waals surface area contributed by atoms with E-state index in [0.29, 0.717) is 19.6 Å². The van der Waals surface area contributed by atoms with E-state index in [-0.39, 0.29) is 0 Å². The van der Waals surface area contributed by atoms with Crippen molar-refractivity contribution >= 4 is 12.0 Å². The van der Waals surface area contributed by atoms with Gasteiger partial charge < -0.3 is 25.6 Å². The number of carboxylic acids is 1. The fraction of sp³-hybridized carbons (Fsp3) is 0.385. The Morgan fingerprint density at radius 1 is 1.25 bits per heavy atom. The third kappa shape index (κ3) is 6.05. The van der Waals surface area contributed by atoms with Gasteiger partial charge in [0.25, 0.3) is 0 Å². The Morgan fingerprint density at radius 3 is 2.55 bits per heavy atom. The van der Waals surface area contributed by atoms with Gasteiger partial charge in [0, 0.05) is 6.54 Å². The van der Waals surface area contributed by atoms with Crippen LogP contribution in [0.2, 0.25) is 0 Å². The molecule has 0 aromatic heterocycles. The number of carbonyl (C=O) groups excluding carboxylic acids is 1. The van der Waals surface area contributed by atoms with Crippen LogP contribution in [0.25, 0.3) is 0 Å². The zero-order valence-electron chi connectivity index (χ0n) is 10.9. The summed E-state index contributed by atoms with van der Waals surface area (Å²) >= 11 is 0. The number of aliphatic hydroxyl groups is 1. The first-order chi connectivity index (χ1) is 9.63. The van der Waals surface area contributed by atoms with E-state index in [1.807, 2.05) is 30.3 Å². The molecule has 0 aliphatic carbocycles. The zero-order chi connectivity index (χ0) is 14.8. The van der Waals surface area contributed by atoms with Crippen LogP contribution in [0.5, 0.6) is 5.75 Å². The predicted molar refractivity (Wildman–Crippen MR) is 71.6 cm³/mol. The molecule has 7 heteroatoms. The second-order valence-electron chi connectivity index (χ2n) is 3.99. The number of carbonyl (C=O) groups is 2. The van der Waals surface area contributed by atoms with Gasteiger partial charge in [-0.15, -0.1) is 0 Å². The number of nitrogens with one attached hydrogen (secondary N) is 2. The highest BCUT2D eigenvalue weighted by Gasteiger charge is 2.17. The summed E-state index contributed by atoms with van der Waals surface area (Å²) < 4.78 is 5.42. The first-order valence-corrected chi connectivity index (χ1v) is 6.19. The minimum absolute atomic E-state index is 0.344. The van der Waals surface area contributed by atoms with Crippen LogP contribution >= 0.6 is 0 Å². The summed E-state index contributed by atoms with van der Waals surface area (Å²) in [5, 5.41) is 22.0. The number of urea groups is 1. The van der Waals surface area contributed by atoms with Gasteiger partial charge in [0.05, 0.1) is 13.2 Å². The largest absolute Gasteiger partial charge is 0.494 e. The van der Waals surface area contributed by atoms with Gasteiger partial charge in [0.15, 0.2) is 6.04 Å². The van der Waals surface area contributed by atoms with Crippen molar-refractivity contribution in [2.75, 3.05) is 19.8 Å². The van der Waals surface area contributed by atoms with E-state index in [9.17, 15) is 9.59 Å². The quantitative estimate of drug-likeness (QED) is 0.509. The van der Waals surface area contributed by atoms with Crippen LogP contribution in [0.4, 0.5) is 4.79 Å². The van der Waals surface area contributed by atoms with Crippen molar-refractivity contribution in [1.82, 2.24) is 10.6 Å². The summed E-state index contributed by atoms with van der Waals surface area (Å²) in [6.07, 6.45) is 0.583. The maximum atomic E-state index is 11.3. The fourth-order valence-corrected chi connectivity index (χ4v) is 1.38. The normalized spacial score (nSPS) is 11.4. The van der Waals surface area contributed by atoms with Crippen LogP contribution in [-0.4, -0.2) is 48.0 Å². The van der Waals surface area contributed by atoms with Crippen LogP contribution in [0.15, 0.2) is 30.3 Å². The third-order valence-corrected chi connectivity index (χ3v) is 2.40. The second-order valence-corrected chi connectivity index (χ2v) is 3.99. The predicted octanol–water partition coefficient (Wildman–Crippen LogP) is 0.200. The molecule has 0 radical (unpaired) electrons. The molecule has 110 valence electrons. The van der Waals surface area contributed by atoms with Gasteiger partial charge in [-0.1, -0.05) is 18.2 Å². The van der Waals surface area contributed by atoms with Gasteiger partial charge in [-0.3, -0.25) is 0 Å². The lowest BCUT2D eigenvalue weighted by atomic mass is 10.3. The molecule has 7 nitrogen and oxygen atoms in total. The Hall–Kier alpha value is -2.28. The van der Waals surface area contributed by atoms with Gasteiger partial charge in [0.2, 0.25) is 0 Å². The van der Waals surface area contributed by atoms with E-state index in [1.165, 1.54) is 0 Å². The monoisotopic (exact) mass is 282 g/mol. The molecule has 0 aliphatic heterocycles. The molecule has 0 saturated carbocycles. The minimum Gasteiger partial charge on any atom is -0.494 e. The van der Waals surface area contributed by atoms with Gasteiger partial charge in [-0.05, 0) is 18.6 Å². The number of carboxylic acid groups (broad SMARTS) is 1. The number of para-hydroxylation sites is 1. The number of aliphatic hydroxyl groups excluding tert-OH is 1. The van der Waals surface area contributed by atoms with Crippen LogP contribution in [-0.2, 0) is 4.79 Å². The molecule has 20 heavy (non-hydrogen) atoms. The van der Waals surface area contributed by atoms with Crippen LogP contribution in [0, 0.1) is 0 Å². The van der Waals surface area contributed by atoms with E-state index in [0.717, 1.165) is 5.75 Å². The second kappa shape index (κ2) is 8.76. The first kappa shape index (κ1) is 15.8. The van der Waals surface area contributed by atoms with Crippen LogP contribution < -0.4 is 15.4 Å². The SMILES string of the molecule is O=C(NCCCOc1ccccc1)N[C@@H](CO)C(=O)O. The van der Waals surface area contributed by atoms with Crippen LogP contribution in [0.3, 0.4) is 0 Å². The minimum atomic E-state index is -1.30. The van der Waals surface area contributed by atoms with E-state index in [4.69, 9.17) is 14.9 Å². The van der Waals surface area contributed by atoms with Crippen molar-refractivity contribution in [3.63, 3.8) is 0 Å². The van der Waals surface area contributed by atoms with E-state index in [2.05, 4.69) is 10.6 Å². The highest BCUT2D eigenvalue weighted by atomic mass is 16.5. The van der Waals surface area contributed by atoms with Crippen molar-refractivity contribution in [3.05, 3.63) is 30.3 Å². The molecule has 1 rings (SSSR count). The Morgan fingerprint density at radius 2 is 1.95 bits per heavy atom. The Bertz CT molecular complexity index is 424. The smallest absolute Gasteiger partial charge is 0.328 e. The van der Waals surface area contributed by atoms with Crippen molar-refractivity contribution in [2.24, 2.45) is 0 Å². The molecule has 1 atom stereocenters. The number of rotatable bonds is 8. The van der Waals surface area contributed by atoms with Gasteiger partial charge >= 0.3 is 12.0 Å². The summed E-state index contributed by atoms with van der Waals surface area (Å²) in [6.45, 7) is 0.128. The van der Waals surface area contributed by atoms with Crippen molar-refractivity contribution in [2.45, 2.75) is 12.5 Å². The lowest BCUT2D eigenvalue weighted by Crippen LogP contribution is -2.48. The summed E-state index contributed by atoms with van der Waals surface area (Å²) in [4.78, 5) is 21.9.